The van der Waals surface area contributed by atoms with Crippen LogP contribution in [0, 0.1) is 0 Å². The van der Waals surface area contributed by atoms with Gasteiger partial charge in [-0.15, -0.1) is 35.7 Å². The van der Waals surface area contributed by atoms with Crippen molar-refractivity contribution < 1.29 is 23.6 Å². The molecule has 5 nitrogen and oxygen atoms in total. The maximum absolute atomic E-state index is 10.6. The molecule has 0 spiro atoms. The molecule has 15 heteroatoms. The summed E-state index contributed by atoms with van der Waals surface area (Å²) in [5.74, 6) is 0. The Hall–Kier alpha value is 4.10. The highest BCUT2D eigenvalue weighted by Crippen LogP contribution is 2.89. The van der Waals surface area contributed by atoms with Gasteiger partial charge in [0.05, 0.1) is 27.8 Å². The van der Waals surface area contributed by atoms with E-state index in [0.717, 1.165) is 0 Å². The molecule has 0 aromatic rings. The van der Waals surface area contributed by atoms with Crippen molar-refractivity contribution in [1.29, 1.82) is 0 Å². The third-order valence-corrected chi connectivity index (χ3v) is 30.5. The van der Waals surface area contributed by atoms with Gasteiger partial charge in [-0.2, -0.15) is 0 Å². The zero-order valence-corrected chi connectivity index (χ0v) is 23.4. The first-order chi connectivity index (χ1) is 10.8. The van der Waals surface area contributed by atoms with Crippen molar-refractivity contribution in [3.8, 4) is 0 Å². The van der Waals surface area contributed by atoms with Crippen LogP contribution in [0.1, 0.15) is 6.92 Å². The van der Waals surface area contributed by atoms with Gasteiger partial charge >= 0.3 is 0 Å². The average molecular weight is 512 g/mol. The van der Waals surface area contributed by atoms with Gasteiger partial charge in [0.15, 0.2) is 0 Å². The van der Waals surface area contributed by atoms with E-state index < -0.39 is 27.3 Å². The Morgan fingerprint density at radius 1 is 1.17 bits per heavy atom. The summed E-state index contributed by atoms with van der Waals surface area (Å²) in [6.45, 7) is 2.02. The van der Waals surface area contributed by atoms with Gasteiger partial charge < -0.3 is 23.6 Å². The van der Waals surface area contributed by atoms with Gasteiger partial charge in [0.1, 0.15) is 24.4 Å². The lowest BCUT2D eigenvalue weighted by atomic mass is 9.96. The van der Waals surface area contributed by atoms with E-state index in [2.05, 4.69) is 44.6 Å². The van der Waals surface area contributed by atoms with Crippen LogP contribution >= 0.6 is 82.6 Å². The fraction of sp³-hybridized carbons (Fsp3) is 1.00. The van der Waals surface area contributed by atoms with E-state index in [1.165, 1.54) is 0 Å². The molecule has 0 aromatic heterocycles. The molecule has 0 radical (unpaired) electrons. The second-order valence-electron chi connectivity index (χ2n) is 4.67. The van der Waals surface area contributed by atoms with E-state index in [1.807, 2.05) is 6.92 Å². The van der Waals surface area contributed by atoms with E-state index in [-0.39, 0.29) is 25.3 Å². The number of hydrogen-bond donors (Lipinski definition) is 1. The minimum atomic E-state index is -0.757. The highest BCUT2D eigenvalue weighted by Gasteiger charge is 2.45. The van der Waals surface area contributed by atoms with Crippen molar-refractivity contribution in [3.63, 3.8) is 0 Å². The molecule has 0 aliphatic carbocycles. The van der Waals surface area contributed by atoms with Gasteiger partial charge in [-0.1, -0.05) is 8.93 Å². The maximum atomic E-state index is 10.6. The van der Waals surface area contributed by atoms with Crippen LogP contribution in [0.4, 0.5) is 0 Å². The highest BCUT2D eigenvalue weighted by molar-refractivity contribution is 8.86. The zero-order valence-electron chi connectivity index (χ0n) is 12.9. The van der Waals surface area contributed by atoms with Crippen LogP contribution in [0.2, 0.25) is 0 Å². The summed E-state index contributed by atoms with van der Waals surface area (Å²) in [5, 5.41) is 10.6. The van der Waals surface area contributed by atoms with Gasteiger partial charge in [0.2, 0.25) is 0 Å². The van der Waals surface area contributed by atoms with Crippen molar-refractivity contribution in [3.05, 3.63) is 0 Å². The Labute approximate surface area is 157 Å². The van der Waals surface area contributed by atoms with Crippen LogP contribution in [0.25, 0.3) is 0 Å². The van der Waals surface area contributed by atoms with E-state index in [4.69, 9.17) is 18.5 Å². The lowest BCUT2D eigenvalue weighted by Gasteiger charge is -2.44. The molecule has 0 aromatic carbocycles. The molecule has 1 rings (SSSR count). The first-order valence-corrected chi connectivity index (χ1v) is 23.3. The van der Waals surface area contributed by atoms with Crippen LogP contribution in [0.15, 0.2) is 0 Å². The summed E-state index contributed by atoms with van der Waals surface area (Å²) in [5.41, 5.74) is 0. The number of rotatable bonds is 9. The molecule has 1 fully saturated rings. The van der Waals surface area contributed by atoms with Gasteiger partial charge in [0, 0.05) is 7.11 Å². The van der Waals surface area contributed by atoms with Crippen molar-refractivity contribution >= 4 is 82.6 Å². The van der Waals surface area contributed by atoms with Crippen LogP contribution in [0.3, 0.4) is 0 Å². The number of aliphatic hydroxyl groups excluding tert-OH is 1. The van der Waals surface area contributed by atoms with Crippen LogP contribution in [-0.2, 0) is 18.5 Å². The molecule has 1 saturated heterocycles. The quantitative estimate of drug-likeness (QED) is 0.447. The smallest absolute Gasteiger partial charge is 0.117 e. The predicted octanol–water partition coefficient (Wildman–Crippen LogP) is 4.88. The zero-order chi connectivity index (χ0) is 17.6. The second-order valence-corrected chi connectivity index (χ2v) is 30.6. The maximum Gasteiger partial charge on any atom is 0.117 e. The lowest BCUT2D eigenvalue weighted by Crippen LogP contribution is -2.58. The fourth-order valence-electron chi connectivity index (χ4n) is 2.12. The Balaban J connectivity index is 2.73. The summed E-state index contributed by atoms with van der Waals surface area (Å²) >= 11 is 0. The van der Waals surface area contributed by atoms with Crippen molar-refractivity contribution in [2.24, 2.45) is 0 Å². The van der Waals surface area contributed by atoms with Gasteiger partial charge in [-0.25, -0.2) is 0 Å². The lowest BCUT2D eigenvalue weighted by molar-refractivity contribution is -0.220. The molecule has 138 valence electrons. The van der Waals surface area contributed by atoms with Crippen molar-refractivity contribution in [1.82, 2.24) is 0 Å². The Bertz CT molecular complexity index is 340. The van der Waals surface area contributed by atoms with E-state index in [9.17, 15) is 5.11 Å². The third-order valence-electron chi connectivity index (χ3n) is 3.21. The van der Waals surface area contributed by atoms with E-state index >= 15 is 0 Å². The van der Waals surface area contributed by atoms with Gasteiger partial charge in [0.25, 0.3) is 0 Å². The van der Waals surface area contributed by atoms with Crippen molar-refractivity contribution in [2.45, 2.75) is 37.4 Å². The predicted molar refractivity (Wildman–Crippen MR) is 128 cm³/mol. The largest absolute Gasteiger partial charge is 0.387 e. The van der Waals surface area contributed by atoms with Gasteiger partial charge in [-0.05, 0) is 29.8 Å². The molecule has 1 aliphatic rings. The topological polar surface area (TPSA) is 57.2 Å². The second kappa shape index (κ2) is 13.3. The molecular formula is C8H26O5P10. The number of hydrogen-bond acceptors (Lipinski definition) is 5. The summed E-state index contributed by atoms with van der Waals surface area (Å²) in [6.07, 6.45) is -1.97. The summed E-state index contributed by atoms with van der Waals surface area (Å²) < 4.78 is 23.6. The minimum absolute atomic E-state index is 0.151. The molecule has 11 unspecified atom stereocenters. The first-order valence-electron chi connectivity index (χ1n) is 6.58. The first kappa shape index (κ1) is 25.1. The number of aliphatic hydroxyl groups is 1. The van der Waals surface area contributed by atoms with Gasteiger partial charge in [-0.3, -0.25) is 0 Å². The number of ether oxygens (including phenoxy) is 2. The fourth-order valence-corrected chi connectivity index (χ4v) is 23.4. The monoisotopic (exact) mass is 512 g/mol. The SMILES string of the molecule is CO[C@@H]1C(OP(PP)P(P)P)[C@H](C)OC(COP(P)PP)[C@@H]1O. The average Bonchev–Trinajstić information content (AvgIpc) is 2.52. The molecule has 14 atom stereocenters. The summed E-state index contributed by atoms with van der Waals surface area (Å²) in [4.78, 5) is 0. The van der Waals surface area contributed by atoms with E-state index in [0.29, 0.717) is 22.5 Å². The number of methoxy groups -OCH3 is 1. The normalized spacial score (nSPS) is 35.6. The standard InChI is InChI=1S/C8H26O5P10/c1-4-7(13-22(20-15)23(17)18)8(10-2)6(9)5(12-4)3-11-21(16)19-14/h4-9,19-20H,3,14-18H2,1-2H3/t4-,5?,6-,7?,8-,21?,22?/m0/s1. The molecule has 1 N–H and O–H groups in total. The molecule has 1 aliphatic heterocycles. The minimum Gasteiger partial charge on any atom is -0.387 e. The third kappa shape index (κ3) is 8.16. The Morgan fingerprint density at radius 3 is 2.30 bits per heavy atom. The molecule has 0 bridgehead atoms. The molecule has 0 saturated carbocycles. The summed E-state index contributed by atoms with van der Waals surface area (Å²) in [7, 11) is 15.6. The summed E-state index contributed by atoms with van der Waals surface area (Å²) in [6, 6.07) is 0. The molecule has 23 heavy (non-hydrogen) atoms. The van der Waals surface area contributed by atoms with Crippen LogP contribution < -0.4 is 0 Å². The Kier molecular flexibility index (Phi) is 14.6. The van der Waals surface area contributed by atoms with Crippen LogP contribution in [-0.4, -0.2) is 49.3 Å². The van der Waals surface area contributed by atoms with Crippen LogP contribution in [0.5, 0.6) is 0 Å². The Morgan fingerprint density at radius 2 is 1.83 bits per heavy atom. The highest BCUT2D eigenvalue weighted by atomic mass is 32.9. The molecule has 0 amide bonds. The molecular weight excluding hydrogens is 486 g/mol. The van der Waals surface area contributed by atoms with Crippen molar-refractivity contribution in [2.75, 3.05) is 13.7 Å². The molecule has 1 heterocycles. The van der Waals surface area contributed by atoms with E-state index in [1.54, 1.807) is 7.11 Å².